The molecule has 6 nitrogen and oxygen atoms in total. The van der Waals surface area contributed by atoms with Crippen LogP contribution in [-0.2, 0) is 18.4 Å². The van der Waals surface area contributed by atoms with Gasteiger partial charge in [0.2, 0.25) is 0 Å². The summed E-state index contributed by atoms with van der Waals surface area (Å²) in [5.74, 6) is -0.901. The third kappa shape index (κ3) is 1.85. The lowest BCUT2D eigenvalue weighted by molar-refractivity contribution is -0.137. The number of pyridine rings is 1. The van der Waals surface area contributed by atoms with Crippen LogP contribution >= 0.6 is 0 Å². The highest BCUT2D eigenvalue weighted by molar-refractivity contribution is 5.93. The van der Waals surface area contributed by atoms with Gasteiger partial charge in [-0.1, -0.05) is 0 Å². The van der Waals surface area contributed by atoms with Gasteiger partial charge in [-0.2, -0.15) is 5.10 Å². The molecular formula is C14H14N4O2. The fourth-order valence-corrected chi connectivity index (χ4v) is 2.40. The molecule has 3 aromatic rings. The van der Waals surface area contributed by atoms with Crippen LogP contribution in [0.25, 0.3) is 22.2 Å². The fraction of sp³-hybridized carbons (Fsp3) is 0.214. The first-order valence-electron chi connectivity index (χ1n) is 6.22. The SMILES string of the molecule is Cc1c(-c2ccnc3c2ccn3C)cnn1CC(=O)O. The van der Waals surface area contributed by atoms with E-state index in [-0.39, 0.29) is 6.54 Å². The number of carboxylic acids is 1. The van der Waals surface area contributed by atoms with Crippen molar-refractivity contribution < 1.29 is 9.90 Å². The lowest BCUT2D eigenvalue weighted by atomic mass is 10.1. The van der Waals surface area contributed by atoms with Crippen molar-refractivity contribution in [3.05, 3.63) is 36.4 Å². The summed E-state index contributed by atoms with van der Waals surface area (Å²) in [6.45, 7) is 1.75. The highest BCUT2D eigenvalue weighted by atomic mass is 16.4. The maximum Gasteiger partial charge on any atom is 0.325 e. The van der Waals surface area contributed by atoms with Gasteiger partial charge in [-0.25, -0.2) is 4.98 Å². The molecule has 0 radical (unpaired) electrons. The average molecular weight is 270 g/mol. The Hall–Kier alpha value is -2.63. The number of carboxylic acid groups (broad SMARTS) is 1. The van der Waals surface area contributed by atoms with E-state index >= 15 is 0 Å². The summed E-state index contributed by atoms with van der Waals surface area (Å²) in [5.41, 5.74) is 3.69. The molecule has 3 rings (SSSR count). The van der Waals surface area contributed by atoms with Gasteiger partial charge in [0.1, 0.15) is 12.2 Å². The summed E-state index contributed by atoms with van der Waals surface area (Å²) in [4.78, 5) is 15.2. The molecule has 0 fully saturated rings. The van der Waals surface area contributed by atoms with Crippen molar-refractivity contribution in [1.82, 2.24) is 19.3 Å². The second kappa shape index (κ2) is 4.48. The number of aliphatic carboxylic acids is 1. The van der Waals surface area contributed by atoms with Gasteiger partial charge in [0.15, 0.2) is 0 Å². The van der Waals surface area contributed by atoms with Crippen molar-refractivity contribution >= 4 is 17.0 Å². The molecule has 0 atom stereocenters. The molecule has 0 spiro atoms. The molecule has 0 bridgehead atoms. The van der Waals surface area contributed by atoms with Crippen LogP contribution in [0.5, 0.6) is 0 Å². The van der Waals surface area contributed by atoms with Gasteiger partial charge in [-0.15, -0.1) is 0 Å². The maximum absolute atomic E-state index is 10.8. The topological polar surface area (TPSA) is 72.9 Å². The first kappa shape index (κ1) is 12.4. The molecule has 0 aliphatic carbocycles. The molecule has 0 aliphatic heterocycles. The highest BCUT2D eigenvalue weighted by Gasteiger charge is 2.14. The second-order valence-corrected chi connectivity index (χ2v) is 4.72. The van der Waals surface area contributed by atoms with Gasteiger partial charge in [0.25, 0.3) is 0 Å². The Morgan fingerprint density at radius 3 is 2.90 bits per heavy atom. The van der Waals surface area contributed by atoms with Crippen LogP contribution < -0.4 is 0 Å². The van der Waals surface area contributed by atoms with Gasteiger partial charge < -0.3 is 9.67 Å². The molecule has 102 valence electrons. The van der Waals surface area contributed by atoms with E-state index in [0.29, 0.717) is 0 Å². The zero-order valence-electron chi connectivity index (χ0n) is 11.2. The predicted octanol–water partition coefficient (Wildman–Crippen LogP) is 1.83. The molecule has 0 saturated heterocycles. The van der Waals surface area contributed by atoms with Crippen molar-refractivity contribution in [2.75, 3.05) is 0 Å². The molecular weight excluding hydrogens is 256 g/mol. The molecule has 0 unspecified atom stereocenters. The third-order valence-electron chi connectivity index (χ3n) is 3.45. The minimum Gasteiger partial charge on any atom is -0.480 e. The summed E-state index contributed by atoms with van der Waals surface area (Å²) < 4.78 is 3.45. The van der Waals surface area contributed by atoms with Gasteiger partial charge in [-0.05, 0) is 24.6 Å². The molecule has 3 heterocycles. The summed E-state index contributed by atoms with van der Waals surface area (Å²) in [6, 6.07) is 3.93. The monoisotopic (exact) mass is 270 g/mol. The quantitative estimate of drug-likeness (QED) is 0.788. The Kier molecular flexibility index (Phi) is 2.78. The molecule has 3 aromatic heterocycles. The van der Waals surface area contributed by atoms with Crippen LogP contribution in [0.2, 0.25) is 0 Å². The average Bonchev–Trinajstić information content (AvgIpc) is 2.95. The Bertz CT molecular complexity index is 801. The second-order valence-electron chi connectivity index (χ2n) is 4.72. The molecule has 0 saturated carbocycles. The van der Waals surface area contributed by atoms with Crippen molar-refractivity contribution in [2.45, 2.75) is 13.5 Å². The first-order chi connectivity index (χ1) is 9.58. The Balaban J connectivity index is 2.16. The standard InChI is InChI=1S/C14H14N4O2/c1-9-12(7-16-18(9)8-13(19)20)10-3-5-15-14-11(10)4-6-17(14)2/h3-7H,8H2,1-2H3,(H,19,20). The summed E-state index contributed by atoms with van der Waals surface area (Å²) in [6.07, 6.45) is 5.42. The molecule has 0 amide bonds. The number of fused-ring (bicyclic) bond motifs is 1. The Morgan fingerprint density at radius 1 is 1.35 bits per heavy atom. The summed E-state index contributed by atoms with van der Waals surface area (Å²) >= 11 is 0. The summed E-state index contributed by atoms with van der Waals surface area (Å²) in [7, 11) is 1.94. The van der Waals surface area contributed by atoms with E-state index in [1.165, 1.54) is 4.68 Å². The lowest BCUT2D eigenvalue weighted by Gasteiger charge is -2.04. The smallest absolute Gasteiger partial charge is 0.325 e. The molecule has 6 heteroatoms. The number of rotatable bonds is 3. The number of carbonyl (C=O) groups is 1. The van der Waals surface area contributed by atoms with Gasteiger partial charge in [-0.3, -0.25) is 9.48 Å². The van der Waals surface area contributed by atoms with E-state index in [4.69, 9.17) is 5.11 Å². The van der Waals surface area contributed by atoms with Crippen LogP contribution in [0.15, 0.2) is 30.7 Å². The van der Waals surface area contributed by atoms with Gasteiger partial charge in [0.05, 0.1) is 6.20 Å². The minimum atomic E-state index is -0.901. The van der Waals surface area contributed by atoms with Crippen molar-refractivity contribution in [1.29, 1.82) is 0 Å². The van der Waals surface area contributed by atoms with E-state index in [1.807, 2.05) is 36.9 Å². The zero-order valence-corrected chi connectivity index (χ0v) is 11.2. The molecule has 20 heavy (non-hydrogen) atoms. The van der Waals surface area contributed by atoms with Crippen LogP contribution in [0.4, 0.5) is 0 Å². The Labute approximate surface area is 115 Å². The van der Waals surface area contributed by atoms with E-state index in [9.17, 15) is 4.79 Å². The van der Waals surface area contributed by atoms with Crippen LogP contribution in [0, 0.1) is 6.92 Å². The van der Waals surface area contributed by atoms with Crippen LogP contribution in [0.1, 0.15) is 5.69 Å². The van der Waals surface area contributed by atoms with Crippen molar-refractivity contribution in [2.24, 2.45) is 7.05 Å². The number of aromatic nitrogens is 4. The third-order valence-corrected chi connectivity index (χ3v) is 3.45. The van der Waals surface area contributed by atoms with E-state index < -0.39 is 5.97 Å². The molecule has 0 aliphatic rings. The van der Waals surface area contributed by atoms with E-state index in [2.05, 4.69) is 10.1 Å². The summed E-state index contributed by atoms with van der Waals surface area (Å²) in [5, 5.41) is 14.1. The van der Waals surface area contributed by atoms with Crippen molar-refractivity contribution in [3.63, 3.8) is 0 Å². The first-order valence-corrected chi connectivity index (χ1v) is 6.22. The van der Waals surface area contributed by atoms with Gasteiger partial charge >= 0.3 is 5.97 Å². The minimum absolute atomic E-state index is 0.130. The number of nitrogens with zero attached hydrogens (tertiary/aromatic N) is 4. The zero-order chi connectivity index (χ0) is 14.3. The molecule has 1 N–H and O–H groups in total. The number of hydrogen-bond acceptors (Lipinski definition) is 3. The van der Waals surface area contributed by atoms with Crippen molar-refractivity contribution in [3.8, 4) is 11.1 Å². The lowest BCUT2D eigenvalue weighted by Crippen LogP contribution is -2.11. The Morgan fingerprint density at radius 2 is 2.15 bits per heavy atom. The highest BCUT2D eigenvalue weighted by Crippen LogP contribution is 2.29. The van der Waals surface area contributed by atoms with Crippen LogP contribution in [0.3, 0.4) is 0 Å². The number of hydrogen-bond donors (Lipinski definition) is 1. The largest absolute Gasteiger partial charge is 0.480 e. The normalized spacial score (nSPS) is 11.1. The van der Waals surface area contributed by atoms with Crippen LogP contribution in [-0.4, -0.2) is 30.4 Å². The van der Waals surface area contributed by atoms with E-state index in [1.54, 1.807) is 12.4 Å². The number of aryl methyl sites for hydroxylation is 1. The molecule has 0 aromatic carbocycles. The van der Waals surface area contributed by atoms with Gasteiger partial charge in [0, 0.05) is 36.1 Å². The maximum atomic E-state index is 10.8. The predicted molar refractivity (Wildman–Crippen MR) is 74.3 cm³/mol. The fourth-order valence-electron chi connectivity index (χ4n) is 2.40. The van der Waals surface area contributed by atoms with E-state index in [0.717, 1.165) is 27.9 Å².